The zero-order chi connectivity index (χ0) is 13.9. The third-order valence-electron chi connectivity index (χ3n) is 3.83. The number of rotatable bonds is 3. The monoisotopic (exact) mass is 273 g/mol. The summed E-state index contributed by atoms with van der Waals surface area (Å²) in [6.45, 7) is 1.65. The van der Waals surface area contributed by atoms with Gasteiger partial charge in [0.2, 0.25) is 0 Å². The second-order valence-electron chi connectivity index (χ2n) is 5.45. The normalized spacial score (nSPS) is 19.2. The van der Waals surface area contributed by atoms with Gasteiger partial charge in [0.05, 0.1) is 11.8 Å². The van der Waals surface area contributed by atoms with E-state index in [1.54, 1.807) is 23.3 Å². The quantitative estimate of drug-likeness (QED) is 0.915. The molecule has 1 amide bonds. The van der Waals surface area contributed by atoms with Gasteiger partial charge in [-0.15, -0.1) is 0 Å². The highest BCUT2D eigenvalue weighted by molar-refractivity contribution is 5.93. The first-order valence-corrected chi connectivity index (χ1v) is 6.98. The van der Waals surface area contributed by atoms with Crippen LogP contribution in [0.3, 0.4) is 0 Å². The number of carbonyl (C=O) groups excluding carboxylic acids is 1. The summed E-state index contributed by atoms with van der Waals surface area (Å²) >= 11 is 0. The Kier molecular flexibility index (Phi) is 3.54. The molecule has 0 aromatic carbocycles. The average molecular weight is 273 g/mol. The lowest BCUT2D eigenvalue weighted by molar-refractivity contribution is 0.0672. The van der Waals surface area contributed by atoms with Crippen molar-refractivity contribution in [3.05, 3.63) is 35.9 Å². The molecule has 1 fully saturated rings. The number of aromatic nitrogens is 4. The minimum atomic E-state index is 0.0902. The van der Waals surface area contributed by atoms with Crippen molar-refractivity contribution in [2.75, 3.05) is 13.1 Å². The predicted molar refractivity (Wildman–Crippen MR) is 74.1 cm³/mol. The van der Waals surface area contributed by atoms with Gasteiger partial charge >= 0.3 is 0 Å². The van der Waals surface area contributed by atoms with Gasteiger partial charge in [-0.2, -0.15) is 10.2 Å². The molecule has 0 spiro atoms. The summed E-state index contributed by atoms with van der Waals surface area (Å²) in [5.41, 5.74) is 1.82. The summed E-state index contributed by atoms with van der Waals surface area (Å²) in [5, 5.41) is 11.0. The van der Waals surface area contributed by atoms with Gasteiger partial charge in [-0.05, 0) is 31.2 Å². The van der Waals surface area contributed by atoms with E-state index in [1.165, 1.54) is 0 Å². The lowest BCUT2D eigenvalue weighted by Gasteiger charge is -2.32. The number of amides is 1. The molecule has 0 bridgehead atoms. The highest BCUT2D eigenvalue weighted by atomic mass is 16.2. The maximum atomic E-state index is 12.4. The Labute approximate surface area is 117 Å². The van der Waals surface area contributed by atoms with Crippen molar-refractivity contribution < 1.29 is 4.79 Å². The topological polar surface area (TPSA) is 66.8 Å². The maximum Gasteiger partial charge on any atom is 0.257 e. The Hall–Kier alpha value is -2.11. The number of likely N-dealkylation sites (tertiary alicyclic amines) is 1. The van der Waals surface area contributed by atoms with E-state index in [9.17, 15) is 4.79 Å². The van der Waals surface area contributed by atoms with Gasteiger partial charge in [-0.3, -0.25) is 14.6 Å². The van der Waals surface area contributed by atoms with Crippen LogP contribution in [-0.4, -0.2) is 43.9 Å². The van der Waals surface area contributed by atoms with Crippen LogP contribution in [0.15, 0.2) is 24.7 Å². The van der Waals surface area contributed by atoms with Crippen LogP contribution in [0, 0.1) is 5.92 Å². The van der Waals surface area contributed by atoms with Gasteiger partial charge in [0.15, 0.2) is 0 Å². The molecule has 0 saturated carbocycles. The molecule has 2 aromatic heterocycles. The minimum absolute atomic E-state index is 0.0902. The number of hydrogen-bond donors (Lipinski definition) is 1. The average Bonchev–Trinajstić information content (AvgIpc) is 3.10. The van der Waals surface area contributed by atoms with E-state index in [0.29, 0.717) is 11.5 Å². The number of nitrogens with zero attached hydrogens (tertiary/aromatic N) is 4. The Morgan fingerprint density at radius 3 is 3.15 bits per heavy atom. The van der Waals surface area contributed by atoms with Crippen LogP contribution in [0.4, 0.5) is 0 Å². The number of nitrogens with one attached hydrogen (secondary N) is 1. The lowest BCUT2D eigenvalue weighted by Crippen LogP contribution is -2.40. The minimum Gasteiger partial charge on any atom is -0.338 e. The van der Waals surface area contributed by atoms with Crippen LogP contribution in [-0.2, 0) is 13.5 Å². The van der Waals surface area contributed by atoms with Crippen LogP contribution < -0.4 is 0 Å². The van der Waals surface area contributed by atoms with E-state index in [1.807, 2.05) is 18.0 Å². The number of piperidine rings is 1. The van der Waals surface area contributed by atoms with Gasteiger partial charge in [0.1, 0.15) is 0 Å². The molecule has 1 saturated heterocycles. The van der Waals surface area contributed by atoms with Gasteiger partial charge in [-0.25, -0.2) is 0 Å². The lowest BCUT2D eigenvalue weighted by atomic mass is 9.93. The fourth-order valence-corrected chi connectivity index (χ4v) is 2.84. The molecule has 0 aliphatic carbocycles. The summed E-state index contributed by atoms with van der Waals surface area (Å²) in [6, 6.07) is 2.00. The van der Waals surface area contributed by atoms with Crippen LogP contribution in [0.2, 0.25) is 0 Å². The van der Waals surface area contributed by atoms with Crippen molar-refractivity contribution in [3.8, 4) is 0 Å². The summed E-state index contributed by atoms with van der Waals surface area (Å²) in [6.07, 6.45) is 8.37. The molecule has 3 heterocycles. The number of aromatic amines is 1. The zero-order valence-electron chi connectivity index (χ0n) is 11.6. The molecule has 1 aliphatic heterocycles. The molecule has 1 unspecified atom stereocenters. The molecule has 2 aromatic rings. The fraction of sp³-hybridized carbons (Fsp3) is 0.500. The molecule has 3 rings (SSSR count). The summed E-state index contributed by atoms with van der Waals surface area (Å²) in [7, 11) is 1.83. The Morgan fingerprint density at radius 2 is 2.45 bits per heavy atom. The summed E-state index contributed by atoms with van der Waals surface area (Å²) < 4.78 is 1.67. The van der Waals surface area contributed by atoms with Gasteiger partial charge in [0.25, 0.3) is 5.91 Å². The van der Waals surface area contributed by atoms with E-state index in [0.717, 1.165) is 38.0 Å². The van der Waals surface area contributed by atoms with Crippen LogP contribution >= 0.6 is 0 Å². The van der Waals surface area contributed by atoms with Crippen molar-refractivity contribution in [2.24, 2.45) is 13.0 Å². The molecule has 0 radical (unpaired) electrons. The van der Waals surface area contributed by atoms with E-state index in [4.69, 9.17) is 0 Å². The molecule has 1 aliphatic rings. The number of hydrogen-bond acceptors (Lipinski definition) is 3. The molecule has 20 heavy (non-hydrogen) atoms. The molecule has 1 atom stereocenters. The van der Waals surface area contributed by atoms with Crippen LogP contribution in [0.5, 0.6) is 0 Å². The molecule has 106 valence electrons. The molecular weight excluding hydrogens is 254 g/mol. The van der Waals surface area contributed by atoms with E-state index < -0.39 is 0 Å². The van der Waals surface area contributed by atoms with Gasteiger partial charge < -0.3 is 4.90 Å². The second kappa shape index (κ2) is 5.48. The SMILES string of the molecule is Cn1cc(C(=O)N2CCCC(Cc3ccn[nH]3)C2)cn1. The van der Waals surface area contributed by atoms with Crippen molar-refractivity contribution in [3.63, 3.8) is 0 Å². The first-order chi connectivity index (χ1) is 9.72. The third kappa shape index (κ3) is 2.74. The van der Waals surface area contributed by atoms with Crippen molar-refractivity contribution in [2.45, 2.75) is 19.3 Å². The Balaban J connectivity index is 1.64. The highest BCUT2D eigenvalue weighted by Gasteiger charge is 2.25. The summed E-state index contributed by atoms with van der Waals surface area (Å²) in [5.74, 6) is 0.595. The van der Waals surface area contributed by atoms with Crippen molar-refractivity contribution >= 4 is 5.91 Å². The van der Waals surface area contributed by atoms with E-state index >= 15 is 0 Å². The zero-order valence-corrected chi connectivity index (χ0v) is 11.6. The van der Waals surface area contributed by atoms with Crippen LogP contribution in [0.25, 0.3) is 0 Å². The number of carbonyl (C=O) groups is 1. The predicted octanol–water partition coefficient (Wildman–Crippen LogP) is 1.24. The molecular formula is C14H19N5O. The maximum absolute atomic E-state index is 12.4. The van der Waals surface area contributed by atoms with E-state index in [2.05, 4.69) is 15.3 Å². The Bertz CT molecular complexity index is 574. The second-order valence-corrected chi connectivity index (χ2v) is 5.45. The fourth-order valence-electron chi connectivity index (χ4n) is 2.84. The summed E-state index contributed by atoms with van der Waals surface area (Å²) in [4.78, 5) is 14.4. The molecule has 6 nitrogen and oxygen atoms in total. The highest BCUT2D eigenvalue weighted by Crippen LogP contribution is 2.21. The third-order valence-corrected chi connectivity index (χ3v) is 3.83. The van der Waals surface area contributed by atoms with Crippen molar-refractivity contribution in [1.29, 1.82) is 0 Å². The standard InChI is InChI=1S/C14H19N5O/c1-18-10-12(8-16-18)14(20)19-6-2-3-11(9-19)7-13-4-5-15-17-13/h4-5,8,10-11H,2-3,6-7,9H2,1H3,(H,15,17). The molecule has 6 heteroatoms. The van der Waals surface area contributed by atoms with Crippen LogP contribution in [0.1, 0.15) is 28.9 Å². The smallest absolute Gasteiger partial charge is 0.257 e. The first kappa shape index (κ1) is 12.9. The van der Waals surface area contributed by atoms with Gasteiger partial charge in [0, 0.05) is 38.2 Å². The van der Waals surface area contributed by atoms with Crippen molar-refractivity contribution in [1.82, 2.24) is 24.9 Å². The van der Waals surface area contributed by atoms with E-state index in [-0.39, 0.29) is 5.91 Å². The molecule has 1 N–H and O–H groups in total. The Morgan fingerprint density at radius 1 is 1.55 bits per heavy atom. The number of H-pyrrole nitrogens is 1. The largest absolute Gasteiger partial charge is 0.338 e. The van der Waals surface area contributed by atoms with Gasteiger partial charge in [-0.1, -0.05) is 0 Å². The number of aryl methyl sites for hydroxylation is 1. The first-order valence-electron chi connectivity index (χ1n) is 6.98.